The molecule has 1 heterocycles. The Hall–Kier alpha value is -0.310. The quantitative estimate of drug-likeness (QED) is 0.670. The molecule has 1 rings (SSSR count). The molecule has 4 heteroatoms. The highest BCUT2D eigenvalue weighted by atomic mass is 35.5. The van der Waals surface area contributed by atoms with E-state index in [-0.39, 0.29) is 12.6 Å². The van der Waals surface area contributed by atoms with Gasteiger partial charge in [-0.2, -0.15) is 0 Å². The van der Waals surface area contributed by atoms with Gasteiger partial charge >= 0.3 is 0 Å². The van der Waals surface area contributed by atoms with E-state index in [0.717, 1.165) is 25.9 Å². The van der Waals surface area contributed by atoms with Crippen molar-refractivity contribution in [2.45, 2.75) is 31.6 Å². The molecule has 1 aliphatic heterocycles. The van der Waals surface area contributed by atoms with E-state index in [0.29, 0.717) is 12.3 Å². The normalized spacial score (nSPS) is 20.9. The van der Waals surface area contributed by atoms with E-state index in [1.165, 1.54) is 0 Å². The zero-order valence-corrected chi connectivity index (χ0v) is 9.26. The van der Waals surface area contributed by atoms with E-state index in [4.69, 9.17) is 11.6 Å². The smallest absolute Gasteiger partial charge is 0.240 e. The number of carbonyl (C=O) groups is 1. The van der Waals surface area contributed by atoms with Gasteiger partial charge in [-0.25, -0.2) is 0 Å². The molecule has 0 aromatic heterocycles. The van der Waals surface area contributed by atoms with E-state index in [9.17, 15) is 9.18 Å². The maximum Gasteiger partial charge on any atom is 0.240 e. The SMILES string of the molecule is C[C@@H](Cl)C(=O)N1CCC(CCF)CC1. The first-order valence-corrected chi connectivity index (χ1v) is 5.57. The zero-order chi connectivity index (χ0) is 10.6. The second kappa shape index (κ2) is 5.54. The molecule has 14 heavy (non-hydrogen) atoms. The zero-order valence-electron chi connectivity index (χ0n) is 8.51. The molecule has 0 N–H and O–H groups in total. The molecule has 0 aromatic carbocycles. The summed E-state index contributed by atoms with van der Waals surface area (Å²) in [7, 11) is 0. The van der Waals surface area contributed by atoms with E-state index < -0.39 is 5.38 Å². The number of nitrogens with zero attached hydrogens (tertiary/aromatic N) is 1. The Bertz CT molecular complexity index is 191. The van der Waals surface area contributed by atoms with Crippen molar-refractivity contribution in [1.82, 2.24) is 4.90 Å². The molecule has 0 unspecified atom stereocenters. The summed E-state index contributed by atoms with van der Waals surface area (Å²) >= 11 is 5.71. The number of carbonyl (C=O) groups excluding carboxylic acids is 1. The summed E-state index contributed by atoms with van der Waals surface area (Å²) < 4.78 is 12.1. The van der Waals surface area contributed by atoms with Crippen molar-refractivity contribution < 1.29 is 9.18 Å². The van der Waals surface area contributed by atoms with Gasteiger partial charge in [0.15, 0.2) is 0 Å². The van der Waals surface area contributed by atoms with E-state index in [1.54, 1.807) is 11.8 Å². The minimum atomic E-state index is -0.437. The van der Waals surface area contributed by atoms with Crippen LogP contribution in [0.2, 0.25) is 0 Å². The third-order valence-corrected chi connectivity index (χ3v) is 2.97. The Balaban J connectivity index is 2.32. The average Bonchev–Trinajstić information content (AvgIpc) is 2.18. The number of rotatable bonds is 3. The largest absolute Gasteiger partial charge is 0.341 e. The Morgan fingerprint density at radius 3 is 2.57 bits per heavy atom. The van der Waals surface area contributed by atoms with Gasteiger partial charge < -0.3 is 4.90 Å². The molecule has 82 valence electrons. The molecule has 1 saturated heterocycles. The van der Waals surface area contributed by atoms with Gasteiger partial charge in [0.25, 0.3) is 0 Å². The fourth-order valence-electron chi connectivity index (χ4n) is 1.85. The monoisotopic (exact) mass is 221 g/mol. The number of hydrogen-bond donors (Lipinski definition) is 0. The second-order valence-electron chi connectivity index (χ2n) is 3.86. The lowest BCUT2D eigenvalue weighted by Gasteiger charge is -2.32. The van der Waals surface area contributed by atoms with Gasteiger partial charge in [-0.3, -0.25) is 9.18 Å². The Morgan fingerprint density at radius 1 is 1.57 bits per heavy atom. The van der Waals surface area contributed by atoms with Crippen LogP contribution >= 0.6 is 11.6 Å². The fourth-order valence-corrected chi connectivity index (χ4v) is 1.99. The first kappa shape index (κ1) is 11.8. The van der Waals surface area contributed by atoms with Crippen LogP contribution in [0.15, 0.2) is 0 Å². The van der Waals surface area contributed by atoms with Crippen molar-refractivity contribution in [2.75, 3.05) is 19.8 Å². The Labute approximate surface area is 89.4 Å². The van der Waals surface area contributed by atoms with Gasteiger partial charge in [0.2, 0.25) is 5.91 Å². The highest BCUT2D eigenvalue weighted by Crippen LogP contribution is 2.21. The van der Waals surface area contributed by atoms with Crippen molar-refractivity contribution in [2.24, 2.45) is 5.92 Å². The number of hydrogen-bond acceptors (Lipinski definition) is 1. The van der Waals surface area contributed by atoms with Crippen LogP contribution < -0.4 is 0 Å². The lowest BCUT2D eigenvalue weighted by molar-refractivity contribution is -0.131. The van der Waals surface area contributed by atoms with Crippen molar-refractivity contribution in [3.63, 3.8) is 0 Å². The number of piperidine rings is 1. The summed E-state index contributed by atoms with van der Waals surface area (Å²) in [6.07, 6.45) is 2.47. The fraction of sp³-hybridized carbons (Fsp3) is 0.900. The molecule has 0 aromatic rings. The molecule has 0 aliphatic carbocycles. The van der Waals surface area contributed by atoms with Crippen LogP contribution in [0.5, 0.6) is 0 Å². The van der Waals surface area contributed by atoms with Crippen molar-refractivity contribution in [3.8, 4) is 0 Å². The van der Waals surface area contributed by atoms with Gasteiger partial charge in [0.1, 0.15) is 5.38 Å². The minimum absolute atomic E-state index is 0.00497. The molecule has 1 amide bonds. The molecule has 0 bridgehead atoms. The maximum atomic E-state index is 12.1. The maximum absolute atomic E-state index is 12.1. The third kappa shape index (κ3) is 3.12. The molecule has 0 saturated carbocycles. The number of likely N-dealkylation sites (tertiary alicyclic amines) is 1. The predicted octanol–water partition coefficient (Wildman–Crippen LogP) is 2.21. The molecule has 1 aliphatic rings. The van der Waals surface area contributed by atoms with Crippen LogP contribution in [0.1, 0.15) is 26.2 Å². The van der Waals surface area contributed by atoms with Gasteiger partial charge in [-0.1, -0.05) is 0 Å². The molecule has 2 nitrogen and oxygen atoms in total. The first-order chi connectivity index (χ1) is 6.65. The van der Waals surface area contributed by atoms with E-state index in [1.807, 2.05) is 0 Å². The van der Waals surface area contributed by atoms with E-state index >= 15 is 0 Å². The van der Waals surface area contributed by atoms with Gasteiger partial charge in [-0.15, -0.1) is 11.6 Å². The summed E-state index contributed by atoms with van der Waals surface area (Å²) in [6.45, 7) is 2.92. The minimum Gasteiger partial charge on any atom is -0.341 e. The van der Waals surface area contributed by atoms with Crippen LogP contribution in [0.4, 0.5) is 4.39 Å². The van der Waals surface area contributed by atoms with Crippen LogP contribution in [0.3, 0.4) is 0 Å². The van der Waals surface area contributed by atoms with Crippen LogP contribution in [-0.2, 0) is 4.79 Å². The molecule has 1 atom stereocenters. The lowest BCUT2D eigenvalue weighted by atomic mass is 9.94. The summed E-state index contributed by atoms with van der Waals surface area (Å²) in [5, 5.41) is -0.437. The summed E-state index contributed by atoms with van der Waals surface area (Å²) in [5.74, 6) is 0.458. The predicted molar refractivity (Wildman–Crippen MR) is 55.2 cm³/mol. The molecular weight excluding hydrogens is 205 g/mol. The van der Waals surface area contributed by atoms with Crippen LogP contribution in [0.25, 0.3) is 0 Å². The summed E-state index contributed by atoms with van der Waals surface area (Å²) in [5.41, 5.74) is 0. The summed E-state index contributed by atoms with van der Waals surface area (Å²) in [4.78, 5) is 13.3. The van der Waals surface area contributed by atoms with Gasteiger partial charge in [0, 0.05) is 13.1 Å². The highest BCUT2D eigenvalue weighted by Gasteiger charge is 2.24. The molecule has 1 fully saturated rings. The van der Waals surface area contributed by atoms with E-state index in [2.05, 4.69) is 0 Å². The second-order valence-corrected chi connectivity index (χ2v) is 4.52. The molecular formula is C10H17ClFNO. The summed E-state index contributed by atoms with van der Waals surface area (Å²) in [6, 6.07) is 0. The Morgan fingerprint density at radius 2 is 2.14 bits per heavy atom. The number of halogens is 2. The van der Waals surface area contributed by atoms with Crippen molar-refractivity contribution >= 4 is 17.5 Å². The van der Waals surface area contributed by atoms with Crippen LogP contribution in [0, 0.1) is 5.92 Å². The van der Waals surface area contributed by atoms with Gasteiger partial charge in [-0.05, 0) is 32.1 Å². The number of amides is 1. The van der Waals surface area contributed by atoms with Crippen molar-refractivity contribution in [1.29, 1.82) is 0 Å². The van der Waals surface area contributed by atoms with Gasteiger partial charge in [0.05, 0.1) is 6.67 Å². The topological polar surface area (TPSA) is 20.3 Å². The highest BCUT2D eigenvalue weighted by molar-refractivity contribution is 6.30. The average molecular weight is 222 g/mol. The van der Waals surface area contributed by atoms with Crippen LogP contribution in [-0.4, -0.2) is 35.9 Å². The molecule has 0 spiro atoms. The lowest BCUT2D eigenvalue weighted by Crippen LogP contribution is -2.41. The molecule has 0 radical (unpaired) electrons. The van der Waals surface area contributed by atoms with Crippen molar-refractivity contribution in [3.05, 3.63) is 0 Å². The first-order valence-electron chi connectivity index (χ1n) is 5.14. The third-order valence-electron chi connectivity index (χ3n) is 2.78. The standard InChI is InChI=1S/C10H17ClFNO/c1-8(11)10(14)13-6-3-9(2-5-12)4-7-13/h8-9H,2-7H2,1H3/t8-/m1/s1. The number of alkyl halides is 2. The Kier molecular flexibility index (Phi) is 4.66.